The summed E-state index contributed by atoms with van der Waals surface area (Å²) < 4.78 is 64.5. The molecule has 0 unspecified atom stereocenters. The number of pyridine rings is 1. The molecule has 0 radical (unpaired) electrons. The van der Waals surface area contributed by atoms with Gasteiger partial charge >= 0.3 is 6.18 Å². The quantitative estimate of drug-likeness (QED) is 0.671. The van der Waals surface area contributed by atoms with Crippen LogP contribution in [0.4, 0.5) is 13.2 Å². The first-order valence-electron chi connectivity index (χ1n) is 11.4. The van der Waals surface area contributed by atoms with Crippen LogP contribution < -0.4 is 0 Å². The van der Waals surface area contributed by atoms with Crippen molar-refractivity contribution in [2.24, 2.45) is 11.3 Å². The molecule has 1 saturated carbocycles. The zero-order valence-electron chi connectivity index (χ0n) is 18.3. The van der Waals surface area contributed by atoms with Crippen molar-refractivity contribution in [3.8, 4) is 11.3 Å². The van der Waals surface area contributed by atoms with Gasteiger partial charge < -0.3 is 0 Å². The number of nitrogens with zero attached hydrogens (tertiary/aromatic N) is 4. The molecule has 3 fully saturated rings. The Bertz CT molecular complexity index is 1270. The van der Waals surface area contributed by atoms with Crippen LogP contribution in [0.2, 0.25) is 0 Å². The molecule has 2 aromatic rings. The van der Waals surface area contributed by atoms with Crippen LogP contribution in [-0.4, -0.2) is 58.7 Å². The maximum Gasteiger partial charge on any atom is 0.433 e. The lowest BCUT2D eigenvalue weighted by atomic mass is 9.91. The van der Waals surface area contributed by atoms with Gasteiger partial charge in [-0.2, -0.15) is 18.3 Å². The fraction of sp³-hybridized carbons (Fsp3) is 0.565. The second-order valence-electron chi connectivity index (χ2n) is 10.00. The number of aryl methyl sites for hydroxylation is 1. The van der Waals surface area contributed by atoms with Crippen LogP contribution in [0, 0.1) is 11.3 Å². The summed E-state index contributed by atoms with van der Waals surface area (Å²) in [6, 6.07) is 4.98. The third-order valence-corrected chi connectivity index (χ3v) is 9.84. The molecular formula is C23H25F3N4O2S. The summed E-state index contributed by atoms with van der Waals surface area (Å²) in [5, 5.41) is 4.58. The Morgan fingerprint density at radius 3 is 2.67 bits per heavy atom. The first kappa shape index (κ1) is 21.3. The fourth-order valence-corrected chi connectivity index (χ4v) is 8.48. The van der Waals surface area contributed by atoms with Gasteiger partial charge in [0.2, 0.25) is 0 Å². The highest BCUT2D eigenvalue weighted by Crippen LogP contribution is 2.59. The van der Waals surface area contributed by atoms with Crippen LogP contribution in [0.1, 0.15) is 37.6 Å². The van der Waals surface area contributed by atoms with E-state index in [1.165, 1.54) is 17.3 Å². The van der Waals surface area contributed by atoms with E-state index in [0.29, 0.717) is 41.3 Å². The van der Waals surface area contributed by atoms with Crippen molar-refractivity contribution in [3.05, 3.63) is 41.4 Å². The third kappa shape index (κ3) is 3.53. The van der Waals surface area contributed by atoms with Gasteiger partial charge in [0.15, 0.2) is 9.84 Å². The van der Waals surface area contributed by atoms with E-state index in [0.717, 1.165) is 44.1 Å². The fourth-order valence-electron chi connectivity index (χ4n) is 6.23. The van der Waals surface area contributed by atoms with Gasteiger partial charge in [-0.25, -0.2) is 8.42 Å². The summed E-state index contributed by atoms with van der Waals surface area (Å²) in [6.45, 7) is 4.47. The molecule has 1 spiro atoms. The van der Waals surface area contributed by atoms with Crippen LogP contribution >= 0.6 is 0 Å². The largest absolute Gasteiger partial charge is 0.433 e. The van der Waals surface area contributed by atoms with E-state index in [9.17, 15) is 21.6 Å². The third-order valence-electron chi connectivity index (χ3n) is 7.73. The normalized spacial score (nSPS) is 27.8. The van der Waals surface area contributed by atoms with Gasteiger partial charge in [-0.3, -0.25) is 14.6 Å². The smallest absolute Gasteiger partial charge is 0.299 e. The highest BCUT2D eigenvalue weighted by molar-refractivity contribution is 7.92. The second-order valence-corrected chi connectivity index (χ2v) is 12.1. The summed E-state index contributed by atoms with van der Waals surface area (Å²) in [6.07, 6.45) is -0.322. The predicted molar refractivity (Wildman–Crippen MR) is 117 cm³/mol. The summed E-state index contributed by atoms with van der Waals surface area (Å²) in [4.78, 5) is 5.92. The number of fused-ring (bicyclic) bond motifs is 1. The van der Waals surface area contributed by atoms with E-state index in [4.69, 9.17) is 0 Å². The van der Waals surface area contributed by atoms with E-state index in [1.54, 1.807) is 6.07 Å². The molecule has 2 atom stereocenters. The number of alkyl halides is 3. The molecule has 33 heavy (non-hydrogen) atoms. The lowest BCUT2D eigenvalue weighted by Crippen LogP contribution is -2.50. The van der Waals surface area contributed by atoms with Gasteiger partial charge in [0, 0.05) is 42.2 Å². The molecule has 2 saturated heterocycles. The van der Waals surface area contributed by atoms with Crippen LogP contribution in [0.15, 0.2) is 30.0 Å². The van der Waals surface area contributed by atoms with Gasteiger partial charge in [-0.15, -0.1) is 0 Å². The monoisotopic (exact) mass is 478 g/mol. The first-order chi connectivity index (χ1) is 15.6. The van der Waals surface area contributed by atoms with Crippen LogP contribution in [0.5, 0.6) is 0 Å². The van der Waals surface area contributed by atoms with E-state index >= 15 is 0 Å². The lowest BCUT2D eigenvalue weighted by Gasteiger charge is -2.38. The van der Waals surface area contributed by atoms with Gasteiger partial charge in [0.25, 0.3) is 0 Å². The Labute approximate surface area is 190 Å². The molecule has 4 heterocycles. The molecule has 6 nitrogen and oxygen atoms in total. The maximum atomic E-state index is 13.1. The summed E-state index contributed by atoms with van der Waals surface area (Å²) in [7, 11) is -2.82. The van der Waals surface area contributed by atoms with E-state index < -0.39 is 21.7 Å². The van der Waals surface area contributed by atoms with E-state index in [-0.39, 0.29) is 5.41 Å². The van der Waals surface area contributed by atoms with Crippen molar-refractivity contribution in [2.45, 2.75) is 44.9 Å². The standard InChI is InChI=1S/C23H25F3N4O2S/c1-2-30-19(10-18(28-30)14-3-5-27-20(7-14)23(24,25)26)21-16-8-15(9-17(16)21)29-6-4-22(11-29)12-33(31,32)13-22/h3,5,7,10,15-16H,2,4,6,8-9,11-13H2,1H3/t15-,16-/m1/s1. The van der Waals surface area contributed by atoms with Gasteiger partial charge in [-0.1, -0.05) is 5.57 Å². The number of hydrogen-bond donors (Lipinski definition) is 0. The minimum Gasteiger partial charge on any atom is -0.299 e. The van der Waals surface area contributed by atoms with Crippen molar-refractivity contribution in [2.75, 3.05) is 24.6 Å². The number of rotatable bonds is 4. The molecule has 176 valence electrons. The summed E-state index contributed by atoms with van der Waals surface area (Å²) in [5.41, 5.74) is 3.73. The highest BCUT2D eigenvalue weighted by Gasteiger charge is 2.55. The number of allylic oxidation sites excluding steroid dienone is 1. The molecule has 2 aliphatic heterocycles. The maximum absolute atomic E-state index is 13.1. The minimum absolute atomic E-state index is 0.0155. The zero-order valence-corrected chi connectivity index (χ0v) is 19.1. The van der Waals surface area contributed by atoms with Crippen LogP contribution in [-0.2, 0) is 22.6 Å². The molecule has 4 aliphatic rings. The molecule has 10 heteroatoms. The molecule has 0 N–H and O–H groups in total. The molecule has 0 bridgehead atoms. The van der Waals surface area contributed by atoms with Gasteiger partial charge in [0.05, 0.1) is 22.9 Å². The van der Waals surface area contributed by atoms with E-state index in [1.807, 2.05) is 17.7 Å². The number of likely N-dealkylation sites (tertiary alicyclic amines) is 1. The Kier molecular flexibility index (Phi) is 4.47. The molecular weight excluding hydrogens is 453 g/mol. The zero-order chi connectivity index (χ0) is 23.2. The lowest BCUT2D eigenvalue weighted by molar-refractivity contribution is -0.141. The van der Waals surface area contributed by atoms with E-state index in [2.05, 4.69) is 15.0 Å². The summed E-state index contributed by atoms with van der Waals surface area (Å²) >= 11 is 0. The van der Waals surface area contributed by atoms with Crippen molar-refractivity contribution in [1.82, 2.24) is 19.7 Å². The second kappa shape index (κ2) is 6.91. The Hall–Kier alpha value is -2.20. The minimum atomic E-state index is -4.49. The number of sulfone groups is 1. The molecule has 2 aliphatic carbocycles. The molecule has 0 aromatic carbocycles. The average Bonchev–Trinajstić information content (AvgIpc) is 3.18. The predicted octanol–water partition coefficient (Wildman–Crippen LogP) is 3.65. The highest BCUT2D eigenvalue weighted by atomic mass is 32.2. The van der Waals surface area contributed by atoms with Crippen molar-refractivity contribution >= 4 is 15.4 Å². The molecule has 2 aromatic heterocycles. The van der Waals surface area contributed by atoms with Crippen molar-refractivity contribution in [1.29, 1.82) is 0 Å². The molecule has 0 amide bonds. The molecule has 6 rings (SSSR count). The van der Waals surface area contributed by atoms with Crippen LogP contribution in [0.3, 0.4) is 0 Å². The number of hydrogen-bond acceptors (Lipinski definition) is 5. The number of aromatic nitrogens is 3. The Morgan fingerprint density at radius 2 is 2.03 bits per heavy atom. The summed E-state index contributed by atoms with van der Waals surface area (Å²) in [5.74, 6) is 1.09. The van der Waals surface area contributed by atoms with Crippen molar-refractivity contribution < 1.29 is 21.6 Å². The Morgan fingerprint density at radius 1 is 1.24 bits per heavy atom. The van der Waals surface area contributed by atoms with Gasteiger partial charge in [-0.05, 0) is 56.5 Å². The SMILES string of the molecule is CCn1nc(-c2ccnc(C(F)(F)F)c2)cc1C1=C2C[C@H](N3CCC4(C3)CS(=O)(=O)C4)C[C@H]21. The Balaban J connectivity index is 1.20. The number of halogens is 3. The van der Waals surface area contributed by atoms with Crippen LogP contribution in [0.25, 0.3) is 16.8 Å². The van der Waals surface area contributed by atoms with Gasteiger partial charge in [0.1, 0.15) is 5.69 Å². The first-order valence-corrected chi connectivity index (χ1v) is 13.2. The topological polar surface area (TPSA) is 68.1 Å². The average molecular weight is 479 g/mol. The van der Waals surface area contributed by atoms with Crippen molar-refractivity contribution in [3.63, 3.8) is 0 Å².